The van der Waals surface area contributed by atoms with Gasteiger partial charge in [0.2, 0.25) is 5.91 Å². The van der Waals surface area contributed by atoms with Crippen LogP contribution in [0.15, 0.2) is 54.6 Å². The first-order chi connectivity index (χ1) is 13.7. The van der Waals surface area contributed by atoms with Gasteiger partial charge in [0.05, 0.1) is 6.04 Å². The Bertz CT molecular complexity index is 964. The molecule has 8 heteroatoms. The smallest absolute Gasteiger partial charge is 0.251 e. The lowest BCUT2D eigenvalue weighted by atomic mass is 10.2. The second-order valence-electron chi connectivity index (χ2n) is 6.68. The van der Waals surface area contributed by atoms with E-state index in [0.29, 0.717) is 17.3 Å². The van der Waals surface area contributed by atoms with Gasteiger partial charge < -0.3 is 10.6 Å². The molecule has 0 atom stereocenters. The maximum Gasteiger partial charge on any atom is 0.251 e. The number of hydrogen-bond donors (Lipinski definition) is 2. The molecule has 1 saturated carbocycles. The van der Waals surface area contributed by atoms with Crippen molar-refractivity contribution in [1.29, 1.82) is 0 Å². The average Bonchev–Trinajstić information content (AvgIpc) is 3.45. The summed E-state index contributed by atoms with van der Waals surface area (Å²) in [6, 6.07) is 16.7. The first kappa shape index (κ1) is 17.8. The number of nitrogens with one attached hydrogen (secondary N) is 2. The maximum atomic E-state index is 12.1. The molecule has 28 heavy (non-hydrogen) atoms. The second kappa shape index (κ2) is 7.99. The van der Waals surface area contributed by atoms with Crippen LogP contribution in [-0.4, -0.2) is 38.6 Å². The fourth-order valence-electron chi connectivity index (χ4n) is 2.86. The SMILES string of the molecule is O=C(CCNC(=O)c1ccccc1)Nc1ccc(-c2nnnn2C2CC2)cc1. The number of aromatic nitrogens is 4. The number of anilines is 1. The monoisotopic (exact) mass is 376 g/mol. The van der Waals surface area contributed by atoms with Crippen LogP contribution in [0.3, 0.4) is 0 Å². The van der Waals surface area contributed by atoms with E-state index in [-0.39, 0.29) is 24.8 Å². The topological polar surface area (TPSA) is 102 Å². The summed E-state index contributed by atoms with van der Waals surface area (Å²) in [7, 11) is 0. The Labute approximate surface area is 162 Å². The van der Waals surface area contributed by atoms with Crippen LogP contribution in [0.1, 0.15) is 35.7 Å². The van der Waals surface area contributed by atoms with Gasteiger partial charge >= 0.3 is 0 Å². The van der Waals surface area contributed by atoms with Crippen molar-refractivity contribution >= 4 is 17.5 Å². The second-order valence-corrected chi connectivity index (χ2v) is 6.68. The van der Waals surface area contributed by atoms with Crippen molar-refractivity contribution < 1.29 is 9.59 Å². The zero-order valence-corrected chi connectivity index (χ0v) is 15.2. The van der Waals surface area contributed by atoms with Gasteiger partial charge in [-0.25, -0.2) is 4.68 Å². The molecule has 0 unspecified atom stereocenters. The van der Waals surface area contributed by atoms with E-state index in [1.165, 1.54) is 0 Å². The number of benzene rings is 2. The summed E-state index contributed by atoms with van der Waals surface area (Å²) in [5.41, 5.74) is 2.17. The van der Waals surface area contributed by atoms with Crippen molar-refractivity contribution in [2.24, 2.45) is 0 Å². The third-order valence-electron chi connectivity index (χ3n) is 4.49. The van der Waals surface area contributed by atoms with E-state index in [4.69, 9.17) is 0 Å². The summed E-state index contributed by atoms with van der Waals surface area (Å²) < 4.78 is 1.85. The van der Waals surface area contributed by atoms with Crippen LogP contribution in [-0.2, 0) is 4.79 Å². The standard InChI is InChI=1S/C20H20N6O2/c27-18(12-13-21-20(28)15-4-2-1-3-5-15)22-16-8-6-14(7-9-16)19-23-24-25-26(19)17-10-11-17/h1-9,17H,10-13H2,(H,21,28)(H,22,27). The molecule has 1 aliphatic carbocycles. The van der Waals surface area contributed by atoms with E-state index in [9.17, 15) is 9.59 Å². The van der Waals surface area contributed by atoms with Crippen molar-refractivity contribution in [3.63, 3.8) is 0 Å². The van der Waals surface area contributed by atoms with Gasteiger partial charge in [-0.15, -0.1) is 5.10 Å². The Morgan fingerprint density at radius 2 is 1.79 bits per heavy atom. The predicted molar refractivity (Wildman–Crippen MR) is 104 cm³/mol. The molecular weight excluding hydrogens is 356 g/mol. The average molecular weight is 376 g/mol. The van der Waals surface area contributed by atoms with E-state index in [1.807, 2.05) is 35.0 Å². The fourth-order valence-corrected chi connectivity index (χ4v) is 2.86. The zero-order valence-electron chi connectivity index (χ0n) is 15.2. The van der Waals surface area contributed by atoms with E-state index in [1.54, 1.807) is 24.3 Å². The largest absolute Gasteiger partial charge is 0.352 e. The molecule has 142 valence electrons. The molecule has 0 aliphatic heterocycles. The van der Waals surface area contributed by atoms with Gasteiger partial charge in [-0.2, -0.15) is 0 Å². The normalized spacial score (nSPS) is 13.1. The highest BCUT2D eigenvalue weighted by Gasteiger charge is 2.28. The van der Waals surface area contributed by atoms with Gasteiger partial charge in [-0.3, -0.25) is 9.59 Å². The highest BCUT2D eigenvalue weighted by molar-refractivity contribution is 5.95. The Kier molecular flexibility index (Phi) is 5.09. The Balaban J connectivity index is 1.27. The number of carbonyl (C=O) groups excluding carboxylic acids is 2. The van der Waals surface area contributed by atoms with Crippen LogP contribution in [0.2, 0.25) is 0 Å². The van der Waals surface area contributed by atoms with Gasteiger partial charge in [-0.05, 0) is 59.7 Å². The van der Waals surface area contributed by atoms with Crippen molar-refractivity contribution in [3.05, 3.63) is 60.2 Å². The molecule has 0 bridgehead atoms. The lowest BCUT2D eigenvalue weighted by Crippen LogP contribution is -2.27. The number of carbonyl (C=O) groups is 2. The first-order valence-electron chi connectivity index (χ1n) is 9.22. The molecule has 0 spiro atoms. The summed E-state index contributed by atoms with van der Waals surface area (Å²) >= 11 is 0. The molecule has 8 nitrogen and oxygen atoms in total. The van der Waals surface area contributed by atoms with Crippen LogP contribution in [0.25, 0.3) is 11.4 Å². The fraction of sp³-hybridized carbons (Fsp3) is 0.250. The van der Waals surface area contributed by atoms with Crippen LogP contribution in [0.5, 0.6) is 0 Å². The van der Waals surface area contributed by atoms with Crippen LogP contribution >= 0.6 is 0 Å². The lowest BCUT2D eigenvalue weighted by molar-refractivity contribution is -0.116. The first-order valence-corrected chi connectivity index (χ1v) is 9.22. The Hall–Kier alpha value is -3.55. The number of rotatable bonds is 7. The van der Waals surface area contributed by atoms with Gasteiger partial charge in [0, 0.05) is 29.8 Å². The van der Waals surface area contributed by atoms with Gasteiger partial charge in [-0.1, -0.05) is 18.2 Å². The molecule has 2 amide bonds. The molecule has 1 aromatic heterocycles. The molecular formula is C20H20N6O2. The van der Waals surface area contributed by atoms with E-state index < -0.39 is 0 Å². The third-order valence-corrected chi connectivity index (χ3v) is 4.49. The van der Waals surface area contributed by atoms with Crippen molar-refractivity contribution in [1.82, 2.24) is 25.5 Å². The summed E-state index contributed by atoms with van der Waals surface area (Å²) in [6.45, 7) is 0.272. The van der Waals surface area contributed by atoms with Crippen molar-refractivity contribution in [3.8, 4) is 11.4 Å². The maximum absolute atomic E-state index is 12.1. The zero-order chi connectivity index (χ0) is 19.3. The van der Waals surface area contributed by atoms with Crippen LogP contribution in [0, 0.1) is 0 Å². The van der Waals surface area contributed by atoms with E-state index >= 15 is 0 Å². The molecule has 4 rings (SSSR count). The number of amides is 2. The van der Waals surface area contributed by atoms with Gasteiger partial charge in [0.25, 0.3) is 5.91 Å². The molecule has 3 aromatic rings. The number of tetrazole rings is 1. The van der Waals surface area contributed by atoms with Gasteiger partial charge in [0.1, 0.15) is 0 Å². The summed E-state index contributed by atoms with van der Waals surface area (Å²) in [5.74, 6) is 0.388. The Morgan fingerprint density at radius 1 is 1.04 bits per heavy atom. The van der Waals surface area contributed by atoms with Crippen LogP contribution in [0.4, 0.5) is 5.69 Å². The summed E-state index contributed by atoms with van der Waals surface area (Å²) in [5, 5.41) is 17.5. The van der Waals surface area contributed by atoms with Crippen molar-refractivity contribution in [2.75, 3.05) is 11.9 Å². The highest BCUT2D eigenvalue weighted by Crippen LogP contribution is 2.36. The van der Waals surface area contributed by atoms with E-state index in [0.717, 1.165) is 24.2 Å². The molecule has 1 heterocycles. The minimum atomic E-state index is -0.189. The molecule has 1 fully saturated rings. The molecule has 0 saturated heterocycles. The summed E-state index contributed by atoms with van der Waals surface area (Å²) in [6.07, 6.45) is 2.40. The quantitative estimate of drug-likeness (QED) is 0.659. The van der Waals surface area contributed by atoms with E-state index in [2.05, 4.69) is 26.2 Å². The Morgan fingerprint density at radius 3 is 2.50 bits per heavy atom. The molecule has 0 radical (unpaired) electrons. The minimum absolute atomic E-state index is 0.163. The minimum Gasteiger partial charge on any atom is -0.352 e. The lowest BCUT2D eigenvalue weighted by Gasteiger charge is -2.08. The predicted octanol–water partition coefficient (Wildman–Crippen LogP) is 2.43. The van der Waals surface area contributed by atoms with Crippen molar-refractivity contribution in [2.45, 2.75) is 25.3 Å². The molecule has 2 aromatic carbocycles. The van der Waals surface area contributed by atoms with Gasteiger partial charge in [0.15, 0.2) is 5.82 Å². The molecule has 1 aliphatic rings. The summed E-state index contributed by atoms with van der Waals surface area (Å²) in [4.78, 5) is 24.1. The van der Waals surface area contributed by atoms with Crippen LogP contribution < -0.4 is 10.6 Å². The number of hydrogen-bond acceptors (Lipinski definition) is 5. The third kappa shape index (κ3) is 4.22. The number of nitrogens with zero attached hydrogens (tertiary/aromatic N) is 4. The highest BCUT2D eigenvalue weighted by atomic mass is 16.2. The molecule has 2 N–H and O–H groups in total.